The van der Waals surface area contributed by atoms with Crippen LogP contribution in [0.4, 0.5) is 0 Å². The third-order valence-electron chi connectivity index (χ3n) is 3.42. The van der Waals surface area contributed by atoms with E-state index in [1.807, 2.05) is 35.9 Å². The van der Waals surface area contributed by atoms with Gasteiger partial charge >= 0.3 is 0 Å². The molecule has 3 rings (SSSR count). The standard InChI is InChI=1S/C14H18N4O2/c1-2-18-14(16-9-17-18)7-10(15)13-8-19-11-5-3-4-6-12(11)20-13/h3-6,9-10,13H,2,7-8,15H2,1H3. The van der Waals surface area contributed by atoms with Crippen LogP contribution in [0.15, 0.2) is 30.6 Å². The van der Waals surface area contributed by atoms with E-state index in [0.29, 0.717) is 13.0 Å². The molecule has 2 aromatic rings. The van der Waals surface area contributed by atoms with Gasteiger partial charge in [-0.3, -0.25) is 4.68 Å². The number of aryl methyl sites for hydroxylation is 1. The highest BCUT2D eigenvalue weighted by molar-refractivity contribution is 5.40. The van der Waals surface area contributed by atoms with Crippen molar-refractivity contribution in [2.75, 3.05) is 6.61 Å². The SMILES string of the molecule is CCn1ncnc1CC(N)C1COc2ccccc2O1. The number of hydrogen-bond donors (Lipinski definition) is 1. The molecule has 0 saturated carbocycles. The topological polar surface area (TPSA) is 75.2 Å². The number of aromatic nitrogens is 3. The number of nitrogens with two attached hydrogens (primary N) is 1. The van der Waals surface area contributed by atoms with Crippen molar-refractivity contribution in [1.82, 2.24) is 14.8 Å². The Morgan fingerprint density at radius 3 is 3.00 bits per heavy atom. The van der Waals surface area contributed by atoms with Crippen LogP contribution in [0.5, 0.6) is 11.5 Å². The zero-order valence-electron chi connectivity index (χ0n) is 11.4. The van der Waals surface area contributed by atoms with Gasteiger partial charge in [-0.1, -0.05) is 12.1 Å². The molecule has 0 aliphatic carbocycles. The average molecular weight is 274 g/mol. The first kappa shape index (κ1) is 12.9. The van der Waals surface area contributed by atoms with Crippen molar-refractivity contribution in [3.63, 3.8) is 0 Å². The molecular weight excluding hydrogens is 256 g/mol. The fraction of sp³-hybridized carbons (Fsp3) is 0.429. The largest absolute Gasteiger partial charge is 0.486 e. The lowest BCUT2D eigenvalue weighted by molar-refractivity contribution is 0.0715. The Hall–Kier alpha value is -2.08. The van der Waals surface area contributed by atoms with Crippen molar-refractivity contribution >= 4 is 0 Å². The molecule has 2 atom stereocenters. The number of para-hydroxylation sites is 2. The molecule has 2 unspecified atom stereocenters. The van der Waals surface area contributed by atoms with E-state index in [4.69, 9.17) is 15.2 Å². The number of rotatable bonds is 4. The minimum atomic E-state index is -0.183. The van der Waals surface area contributed by atoms with Gasteiger partial charge in [0, 0.05) is 13.0 Å². The van der Waals surface area contributed by atoms with E-state index < -0.39 is 0 Å². The van der Waals surface area contributed by atoms with Gasteiger partial charge in [0.1, 0.15) is 24.9 Å². The Morgan fingerprint density at radius 1 is 1.40 bits per heavy atom. The molecule has 0 radical (unpaired) electrons. The zero-order valence-corrected chi connectivity index (χ0v) is 11.4. The summed E-state index contributed by atoms with van der Waals surface area (Å²) >= 11 is 0. The summed E-state index contributed by atoms with van der Waals surface area (Å²) in [6.45, 7) is 3.27. The highest BCUT2D eigenvalue weighted by Gasteiger charge is 2.27. The molecule has 106 valence electrons. The Balaban J connectivity index is 1.68. The van der Waals surface area contributed by atoms with Crippen LogP contribution >= 0.6 is 0 Å². The third-order valence-corrected chi connectivity index (χ3v) is 3.42. The molecule has 1 aliphatic rings. The molecule has 2 N–H and O–H groups in total. The van der Waals surface area contributed by atoms with Gasteiger partial charge in [0.2, 0.25) is 0 Å². The first-order valence-corrected chi connectivity index (χ1v) is 6.78. The summed E-state index contributed by atoms with van der Waals surface area (Å²) < 4.78 is 13.4. The molecule has 6 heteroatoms. The van der Waals surface area contributed by atoms with Gasteiger partial charge in [0.25, 0.3) is 0 Å². The maximum Gasteiger partial charge on any atom is 0.161 e. The maximum absolute atomic E-state index is 6.23. The van der Waals surface area contributed by atoms with Gasteiger partial charge in [-0.25, -0.2) is 4.98 Å². The summed E-state index contributed by atoms with van der Waals surface area (Å²) in [4.78, 5) is 4.24. The first-order chi connectivity index (χ1) is 9.78. The molecule has 20 heavy (non-hydrogen) atoms. The molecule has 0 saturated heterocycles. The van der Waals surface area contributed by atoms with Crippen LogP contribution < -0.4 is 15.2 Å². The highest BCUT2D eigenvalue weighted by atomic mass is 16.6. The van der Waals surface area contributed by atoms with Crippen molar-refractivity contribution in [2.45, 2.75) is 32.0 Å². The molecule has 1 aliphatic heterocycles. The van der Waals surface area contributed by atoms with Gasteiger partial charge in [-0.05, 0) is 19.1 Å². The molecule has 1 aromatic carbocycles. The highest BCUT2D eigenvalue weighted by Crippen LogP contribution is 2.31. The fourth-order valence-electron chi connectivity index (χ4n) is 2.30. The van der Waals surface area contributed by atoms with Gasteiger partial charge < -0.3 is 15.2 Å². The summed E-state index contributed by atoms with van der Waals surface area (Å²) in [5, 5.41) is 4.15. The number of ether oxygens (including phenoxy) is 2. The average Bonchev–Trinajstić information content (AvgIpc) is 2.94. The van der Waals surface area contributed by atoms with Crippen LogP contribution in [0.25, 0.3) is 0 Å². The van der Waals surface area contributed by atoms with Crippen LogP contribution in [-0.4, -0.2) is 33.5 Å². The monoisotopic (exact) mass is 274 g/mol. The van der Waals surface area contributed by atoms with E-state index in [1.54, 1.807) is 6.33 Å². The second-order valence-corrected chi connectivity index (χ2v) is 4.77. The van der Waals surface area contributed by atoms with Crippen LogP contribution in [0.1, 0.15) is 12.7 Å². The summed E-state index contributed by atoms with van der Waals surface area (Å²) in [6, 6.07) is 7.45. The van der Waals surface area contributed by atoms with Gasteiger partial charge in [0.15, 0.2) is 11.5 Å². The van der Waals surface area contributed by atoms with Gasteiger partial charge in [0.05, 0.1) is 6.04 Å². The first-order valence-electron chi connectivity index (χ1n) is 6.78. The third kappa shape index (κ3) is 2.46. The predicted octanol–water partition coefficient (Wildman–Crippen LogP) is 1.01. The Kier molecular flexibility index (Phi) is 3.56. The van der Waals surface area contributed by atoms with E-state index in [0.717, 1.165) is 23.9 Å². The van der Waals surface area contributed by atoms with E-state index in [9.17, 15) is 0 Å². The quantitative estimate of drug-likeness (QED) is 0.900. The maximum atomic E-state index is 6.23. The fourth-order valence-corrected chi connectivity index (χ4v) is 2.30. The minimum Gasteiger partial charge on any atom is -0.486 e. The van der Waals surface area contributed by atoms with Gasteiger partial charge in [-0.2, -0.15) is 5.10 Å². The molecule has 0 bridgehead atoms. The van der Waals surface area contributed by atoms with Crippen molar-refractivity contribution in [3.05, 3.63) is 36.4 Å². The second-order valence-electron chi connectivity index (χ2n) is 4.77. The lowest BCUT2D eigenvalue weighted by atomic mass is 10.1. The van der Waals surface area contributed by atoms with Gasteiger partial charge in [-0.15, -0.1) is 0 Å². The lowest BCUT2D eigenvalue weighted by Gasteiger charge is -2.30. The van der Waals surface area contributed by atoms with E-state index in [2.05, 4.69) is 10.1 Å². The van der Waals surface area contributed by atoms with E-state index >= 15 is 0 Å². The van der Waals surface area contributed by atoms with Crippen LogP contribution in [0.3, 0.4) is 0 Å². The Bertz CT molecular complexity index is 584. The van der Waals surface area contributed by atoms with Crippen molar-refractivity contribution in [3.8, 4) is 11.5 Å². The molecule has 0 amide bonds. The van der Waals surface area contributed by atoms with Crippen molar-refractivity contribution in [1.29, 1.82) is 0 Å². The predicted molar refractivity (Wildman–Crippen MR) is 73.7 cm³/mol. The molecule has 0 spiro atoms. The van der Waals surface area contributed by atoms with E-state index in [-0.39, 0.29) is 12.1 Å². The Morgan fingerprint density at radius 2 is 2.20 bits per heavy atom. The second kappa shape index (κ2) is 5.50. The van der Waals surface area contributed by atoms with Crippen LogP contribution in [-0.2, 0) is 13.0 Å². The molecule has 6 nitrogen and oxygen atoms in total. The smallest absolute Gasteiger partial charge is 0.161 e. The van der Waals surface area contributed by atoms with Crippen molar-refractivity contribution < 1.29 is 9.47 Å². The number of hydrogen-bond acceptors (Lipinski definition) is 5. The minimum absolute atomic E-state index is 0.174. The molecule has 1 aromatic heterocycles. The summed E-state index contributed by atoms with van der Waals surface area (Å²) in [7, 11) is 0. The number of fused-ring (bicyclic) bond motifs is 1. The number of nitrogens with zero attached hydrogens (tertiary/aromatic N) is 3. The lowest BCUT2D eigenvalue weighted by Crippen LogP contribution is -2.46. The summed E-state index contributed by atoms with van der Waals surface area (Å²) in [6.07, 6.45) is 2.00. The molecular formula is C14H18N4O2. The normalized spacial score (nSPS) is 18.8. The van der Waals surface area contributed by atoms with Crippen LogP contribution in [0, 0.1) is 0 Å². The zero-order chi connectivity index (χ0) is 13.9. The molecule has 0 fully saturated rings. The summed E-state index contributed by atoms with van der Waals surface area (Å²) in [5.74, 6) is 2.39. The van der Waals surface area contributed by atoms with E-state index in [1.165, 1.54) is 0 Å². The van der Waals surface area contributed by atoms with Crippen LogP contribution in [0.2, 0.25) is 0 Å². The molecule has 2 heterocycles. The summed E-state index contributed by atoms with van der Waals surface area (Å²) in [5.41, 5.74) is 6.23. The van der Waals surface area contributed by atoms with Crippen molar-refractivity contribution in [2.24, 2.45) is 5.73 Å². The number of benzene rings is 1. The Labute approximate surface area is 117 Å².